The quantitative estimate of drug-likeness (QED) is 0.645. The molecule has 0 spiro atoms. The molecule has 2 aromatic carbocycles. The number of hydrogen-bond donors (Lipinski definition) is 1. The van der Waals surface area contributed by atoms with Crippen LogP contribution in [-0.2, 0) is 0 Å². The van der Waals surface area contributed by atoms with Gasteiger partial charge in [0.25, 0.3) is 0 Å². The van der Waals surface area contributed by atoms with E-state index in [1.165, 1.54) is 11.0 Å². The summed E-state index contributed by atoms with van der Waals surface area (Å²) in [6.07, 6.45) is 0. The molecular formula is C16H18FNOS. The van der Waals surface area contributed by atoms with Crippen LogP contribution in [0.1, 0.15) is 18.5 Å². The Morgan fingerprint density at radius 2 is 1.95 bits per heavy atom. The van der Waals surface area contributed by atoms with Crippen LogP contribution in [0, 0.1) is 5.82 Å². The van der Waals surface area contributed by atoms with Gasteiger partial charge in [0.05, 0.1) is 6.61 Å². The van der Waals surface area contributed by atoms with Crippen molar-refractivity contribution in [3.05, 3.63) is 59.9 Å². The lowest BCUT2D eigenvalue weighted by Gasteiger charge is -2.10. The molecular weight excluding hydrogens is 273 g/mol. The summed E-state index contributed by atoms with van der Waals surface area (Å²) in [6.45, 7) is 2.29. The van der Waals surface area contributed by atoms with E-state index < -0.39 is 0 Å². The van der Waals surface area contributed by atoms with Crippen molar-refractivity contribution >= 4 is 11.8 Å². The summed E-state index contributed by atoms with van der Waals surface area (Å²) in [7, 11) is 0. The largest absolute Gasteiger partial charge is 0.490 e. The molecule has 20 heavy (non-hydrogen) atoms. The predicted molar refractivity (Wildman–Crippen MR) is 81.7 cm³/mol. The molecule has 1 atom stereocenters. The van der Waals surface area contributed by atoms with Crippen LogP contribution in [0.2, 0.25) is 0 Å². The third-order valence-electron chi connectivity index (χ3n) is 2.83. The number of benzene rings is 2. The van der Waals surface area contributed by atoms with Crippen molar-refractivity contribution in [2.24, 2.45) is 5.73 Å². The number of ether oxygens (including phenoxy) is 1. The molecule has 4 heteroatoms. The number of rotatable bonds is 6. The smallest absolute Gasteiger partial charge is 0.165 e. The zero-order valence-corrected chi connectivity index (χ0v) is 12.2. The van der Waals surface area contributed by atoms with E-state index in [2.05, 4.69) is 0 Å². The monoisotopic (exact) mass is 291 g/mol. The van der Waals surface area contributed by atoms with Gasteiger partial charge in [0.1, 0.15) is 0 Å². The fourth-order valence-corrected chi connectivity index (χ4v) is 2.50. The van der Waals surface area contributed by atoms with Gasteiger partial charge in [-0.25, -0.2) is 4.39 Å². The van der Waals surface area contributed by atoms with Crippen LogP contribution in [0.3, 0.4) is 0 Å². The average molecular weight is 291 g/mol. The van der Waals surface area contributed by atoms with Crippen molar-refractivity contribution in [2.75, 3.05) is 12.4 Å². The minimum Gasteiger partial charge on any atom is -0.490 e. The van der Waals surface area contributed by atoms with Crippen molar-refractivity contribution < 1.29 is 9.13 Å². The molecule has 0 saturated carbocycles. The first-order valence-electron chi connectivity index (χ1n) is 6.52. The summed E-state index contributed by atoms with van der Waals surface area (Å²) >= 11 is 1.69. The molecule has 106 valence electrons. The molecule has 0 bridgehead atoms. The minimum atomic E-state index is -0.357. The molecule has 0 aliphatic heterocycles. The van der Waals surface area contributed by atoms with E-state index in [1.54, 1.807) is 23.9 Å². The Labute approximate surface area is 123 Å². The topological polar surface area (TPSA) is 35.2 Å². The van der Waals surface area contributed by atoms with E-state index in [0.717, 1.165) is 11.3 Å². The lowest BCUT2D eigenvalue weighted by atomic mass is 10.1. The Balaban J connectivity index is 1.82. The molecule has 0 amide bonds. The molecule has 0 aliphatic rings. The summed E-state index contributed by atoms with van der Waals surface area (Å²) in [5.41, 5.74) is 6.48. The zero-order valence-electron chi connectivity index (χ0n) is 11.4. The molecule has 0 heterocycles. The first kappa shape index (κ1) is 14.9. The van der Waals surface area contributed by atoms with Gasteiger partial charge in [-0.1, -0.05) is 24.3 Å². The lowest BCUT2D eigenvalue weighted by Crippen LogP contribution is -2.06. The highest BCUT2D eigenvalue weighted by Crippen LogP contribution is 2.22. The van der Waals surface area contributed by atoms with Crippen molar-refractivity contribution in [2.45, 2.75) is 17.9 Å². The van der Waals surface area contributed by atoms with E-state index in [9.17, 15) is 4.39 Å². The molecule has 1 unspecified atom stereocenters. The van der Waals surface area contributed by atoms with Gasteiger partial charge in [-0.05, 0) is 36.8 Å². The van der Waals surface area contributed by atoms with Crippen molar-refractivity contribution in [1.29, 1.82) is 0 Å². The maximum Gasteiger partial charge on any atom is 0.165 e. The van der Waals surface area contributed by atoms with Crippen LogP contribution in [-0.4, -0.2) is 12.4 Å². The Bertz CT molecular complexity index is 545. The highest BCUT2D eigenvalue weighted by atomic mass is 32.2. The first-order chi connectivity index (χ1) is 9.66. The van der Waals surface area contributed by atoms with Gasteiger partial charge >= 0.3 is 0 Å². The standard InChI is InChI=1S/C16H18FNOS/c1-12(18)13-7-8-16(15(17)11-13)19-9-10-20-14-5-3-2-4-6-14/h2-8,11-12H,9-10,18H2,1H3. The average Bonchev–Trinajstić information content (AvgIpc) is 2.46. The second-order valence-electron chi connectivity index (χ2n) is 4.49. The van der Waals surface area contributed by atoms with E-state index in [4.69, 9.17) is 10.5 Å². The Hall–Kier alpha value is -1.52. The predicted octanol–water partition coefficient (Wildman–Crippen LogP) is 4.02. The molecule has 2 N–H and O–H groups in total. The fourth-order valence-electron chi connectivity index (χ4n) is 1.75. The molecule has 2 rings (SSSR count). The van der Waals surface area contributed by atoms with E-state index in [-0.39, 0.29) is 17.6 Å². The SMILES string of the molecule is CC(N)c1ccc(OCCSc2ccccc2)c(F)c1. The van der Waals surface area contributed by atoms with Gasteiger partial charge in [-0.3, -0.25) is 0 Å². The van der Waals surface area contributed by atoms with Crippen LogP contribution in [0.15, 0.2) is 53.4 Å². The van der Waals surface area contributed by atoms with Gasteiger partial charge in [-0.2, -0.15) is 0 Å². The minimum absolute atomic E-state index is 0.174. The zero-order chi connectivity index (χ0) is 14.4. The molecule has 0 aromatic heterocycles. The van der Waals surface area contributed by atoms with Gasteiger partial charge < -0.3 is 10.5 Å². The van der Waals surface area contributed by atoms with Crippen LogP contribution in [0.4, 0.5) is 4.39 Å². The maximum atomic E-state index is 13.8. The Kier molecular flexibility index (Phi) is 5.44. The molecule has 0 saturated heterocycles. The van der Waals surface area contributed by atoms with Crippen LogP contribution in [0.25, 0.3) is 0 Å². The third-order valence-corrected chi connectivity index (χ3v) is 3.81. The highest BCUT2D eigenvalue weighted by molar-refractivity contribution is 7.99. The van der Waals surface area contributed by atoms with E-state index >= 15 is 0 Å². The van der Waals surface area contributed by atoms with Crippen LogP contribution >= 0.6 is 11.8 Å². The summed E-state index contributed by atoms with van der Waals surface area (Å²) in [5.74, 6) is 0.700. The highest BCUT2D eigenvalue weighted by Gasteiger charge is 2.07. The van der Waals surface area contributed by atoms with Gasteiger partial charge in [0.15, 0.2) is 11.6 Å². The Morgan fingerprint density at radius 3 is 2.60 bits per heavy atom. The molecule has 0 radical (unpaired) electrons. The fraction of sp³-hybridized carbons (Fsp3) is 0.250. The second kappa shape index (κ2) is 7.31. The molecule has 0 fully saturated rings. The van der Waals surface area contributed by atoms with Crippen LogP contribution in [0.5, 0.6) is 5.75 Å². The summed E-state index contributed by atoms with van der Waals surface area (Å²) in [5, 5.41) is 0. The number of nitrogens with two attached hydrogens (primary N) is 1. The molecule has 0 aliphatic carbocycles. The summed E-state index contributed by atoms with van der Waals surface area (Å²) < 4.78 is 19.2. The third kappa shape index (κ3) is 4.25. The lowest BCUT2D eigenvalue weighted by molar-refractivity contribution is 0.324. The summed E-state index contributed by atoms with van der Waals surface area (Å²) in [4.78, 5) is 1.18. The maximum absolute atomic E-state index is 13.8. The molecule has 2 nitrogen and oxygen atoms in total. The molecule has 2 aromatic rings. The van der Waals surface area contributed by atoms with Crippen molar-refractivity contribution in [3.63, 3.8) is 0 Å². The first-order valence-corrected chi connectivity index (χ1v) is 7.51. The van der Waals surface area contributed by atoms with Crippen molar-refractivity contribution in [3.8, 4) is 5.75 Å². The van der Waals surface area contributed by atoms with E-state index in [1.807, 2.05) is 37.3 Å². The van der Waals surface area contributed by atoms with Gasteiger partial charge in [-0.15, -0.1) is 11.8 Å². The Morgan fingerprint density at radius 1 is 1.20 bits per heavy atom. The second-order valence-corrected chi connectivity index (χ2v) is 5.66. The summed E-state index contributed by atoms with van der Waals surface area (Å²) in [6, 6.07) is 14.8. The number of thioether (sulfide) groups is 1. The number of halogens is 1. The number of hydrogen-bond acceptors (Lipinski definition) is 3. The van der Waals surface area contributed by atoms with Crippen LogP contribution < -0.4 is 10.5 Å². The van der Waals surface area contributed by atoms with E-state index in [0.29, 0.717) is 6.61 Å². The van der Waals surface area contributed by atoms with Crippen molar-refractivity contribution in [1.82, 2.24) is 0 Å². The van der Waals surface area contributed by atoms with Gasteiger partial charge in [0.2, 0.25) is 0 Å². The normalized spacial score (nSPS) is 12.2. The van der Waals surface area contributed by atoms with Gasteiger partial charge in [0, 0.05) is 16.7 Å².